The van der Waals surface area contributed by atoms with Gasteiger partial charge in [0.2, 0.25) is 16.8 Å². The first kappa shape index (κ1) is 34.4. The summed E-state index contributed by atoms with van der Waals surface area (Å²) >= 11 is 1.57. The van der Waals surface area contributed by atoms with Crippen LogP contribution in [0.5, 0.6) is 17.2 Å². The Morgan fingerprint density at radius 3 is 2.67 bits per heavy atom. The molecular weight excluding hydrogens is 661 g/mol. The van der Waals surface area contributed by atoms with Crippen LogP contribution in [-0.2, 0) is 37.3 Å². The molecule has 15 heteroatoms. The Bertz CT molecular complexity index is 1670. The molecule has 260 valence electrons. The molecule has 0 aliphatic carbocycles. The summed E-state index contributed by atoms with van der Waals surface area (Å²) in [7, 11) is -3.99. The van der Waals surface area contributed by atoms with Crippen LogP contribution in [-0.4, -0.2) is 81.4 Å². The summed E-state index contributed by atoms with van der Waals surface area (Å²) in [6.45, 7) is 7.16. The van der Waals surface area contributed by atoms with Crippen molar-refractivity contribution in [1.29, 1.82) is 0 Å². The number of nitrogens with one attached hydrogen (secondary N) is 1. The van der Waals surface area contributed by atoms with Crippen LogP contribution < -0.4 is 25.3 Å². The van der Waals surface area contributed by atoms with E-state index < -0.39 is 34.3 Å². The number of alkyl carbamates (subject to hydrolysis) is 1. The van der Waals surface area contributed by atoms with Gasteiger partial charge in [-0.25, -0.2) is 18.2 Å². The molecule has 3 aromatic rings. The number of aromatic nitrogens is 1. The van der Waals surface area contributed by atoms with E-state index in [0.29, 0.717) is 36.9 Å². The average molecular weight is 703 g/mol. The van der Waals surface area contributed by atoms with E-state index in [9.17, 15) is 13.2 Å². The van der Waals surface area contributed by atoms with E-state index in [4.69, 9.17) is 34.2 Å². The fraction of sp³-hybridized carbons (Fsp3) is 0.515. The molecular formula is C33H42N4O9S2. The quantitative estimate of drug-likeness (QED) is 0.251. The van der Waals surface area contributed by atoms with Gasteiger partial charge < -0.3 is 39.5 Å². The van der Waals surface area contributed by atoms with Gasteiger partial charge in [-0.1, -0.05) is 26.0 Å². The molecule has 48 heavy (non-hydrogen) atoms. The highest BCUT2D eigenvalue weighted by molar-refractivity contribution is 7.89. The Kier molecular flexibility index (Phi) is 10.7. The first-order valence-corrected chi connectivity index (χ1v) is 18.4. The number of benzene rings is 2. The standard InChI is InChI=1S/C33H42N4O9S2/c1-20(2)14-37(48(39,40)25-8-9-29-30(13-25)45-19-44-29)15-27(34)28(36-33(38)46-31-17-43-32-26(31)10-11-41-32)12-22-4-6-24(7-5-22)42-16-23-18-47-21(3)35-23/h4-9,13,18,20,26-28,31-32H,10-12,14-17,19,34H2,1-3H3,(H,36,38)/t26-,27+,28-,31-,32+/m0/s1. The van der Waals surface area contributed by atoms with Gasteiger partial charge in [0.1, 0.15) is 18.5 Å². The van der Waals surface area contributed by atoms with Crippen molar-refractivity contribution < 1.29 is 41.6 Å². The molecule has 3 N–H and O–H groups in total. The second-order valence-corrected chi connectivity index (χ2v) is 15.6. The van der Waals surface area contributed by atoms with Gasteiger partial charge in [-0.05, 0) is 55.5 Å². The number of carbonyl (C=O) groups is 1. The van der Waals surface area contributed by atoms with Crippen LogP contribution in [0.2, 0.25) is 0 Å². The molecule has 0 radical (unpaired) electrons. The summed E-state index contributed by atoms with van der Waals surface area (Å²) in [5.74, 6) is 1.50. The van der Waals surface area contributed by atoms with E-state index in [-0.39, 0.29) is 49.5 Å². The number of aryl methyl sites for hydroxylation is 1. The largest absolute Gasteiger partial charge is 0.487 e. The Morgan fingerprint density at radius 1 is 1.12 bits per heavy atom. The van der Waals surface area contributed by atoms with Crippen molar-refractivity contribution in [2.45, 2.75) is 69.6 Å². The highest BCUT2D eigenvalue weighted by Crippen LogP contribution is 2.35. The Hall–Kier alpha value is -3.47. The fourth-order valence-electron chi connectivity index (χ4n) is 6.01. The lowest BCUT2D eigenvalue weighted by Gasteiger charge is -2.31. The summed E-state index contributed by atoms with van der Waals surface area (Å²) in [6.07, 6.45) is -0.408. The van der Waals surface area contributed by atoms with Gasteiger partial charge in [0, 0.05) is 30.6 Å². The van der Waals surface area contributed by atoms with Crippen molar-refractivity contribution in [3.8, 4) is 17.2 Å². The predicted octanol–water partition coefficient (Wildman–Crippen LogP) is 3.83. The van der Waals surface area contributed by atoms with Gasteiger partial charge in [-0.2, -0.15) is 4.31 Å². The number of hydrogen-bond acceptors (Lipinski definition) is 12. The fourth-order valence-corrected chi connectivity index (χ4v) is 8.27. The van der Waals surface area contributed by atoms with E-state index in [2.05, 4.69) is 10.3 Å². The second-order valence-electron chi connectivity index (χ2n) is 12.6. The molecule has 0 unspecified atom stereocenters. The smallest absolute Gasteiger partial charge is 0.407 e. The van der Waals surface area contributed by atoms with Gasteiger partial charge in [0.25, 0.3) is 0 Å². The number of ether oxygens (including phenoxy) is 6. The van der Waals surface area contributed by atoms with Crippen molar-refractivity contribution in [3.63, 3.8) is 0 Å². The number of hydrogen-bond donors (Lipinski definition) is 2. The summed E-state index contributed by atoms with van der Waals surface area (Å²) in [6, 6.07) is 10.6. The van der Waals surface area contributed by atoms with Crippen LogP contribution >= 0.6 is 11.3 Å². The van der Waals surface area contributed by atoms with Crippen LogP contribution in [0.25, 0.3) is 0 Å². The predicted molar refractivity (Wildman–Crippen MR) is 176 cm³/mol. The molecule has 0 spiro atoms. The second kappa shape index (κ2) is 15.0. The molecule has 2 saturated heterocycles. The maximum Gasteiger partial charge on any atom is 0.407 e. The molecule has 5 atom stereocenters. The molecule has 1 amide bonds. The first-order chi connectivity index (χ1) is 23.0. The molecule has 0 bridgehead atoms. The number of amides is 1. The van der Waals surface area contributed by atoms with E-state index in [1.54, 1.807) is 17.4 Å². The van der Waals surface area contributed by atoms with Crippen molar-refractivity contribution in [3.05, 3.63) is 64.1 Å². The molecule has 6 rings (SSSR count). The monoisotopic (exact) mass is 702 g/mol. The van der Waals surface area contributed by atoms with Crippen LogP contribution in [0.3, 0.4) is 0 Å². The first-order valence-electron chi connectivity index (χ1n) is 16.0. The maximum atomic E-state index is 14.0. The lowest BCUT2D eigenvalue weighted by Crippen LogP contribution is -2.55. The van der Waals surface area contributed by atoms with Crippen LogP contribution in [0.15, 0.2) is 52.7 Å². The molecule has 2 aromatic carbocycles. The summed E-state index contributed by atoms with van der Waals surface area (Å²) < 4.78 is 63.0. The summed E-state index contributed by atoms with van der Waals surface area (Å²) in [5.41, 5.74) is 8.53. The van der Waals surface area contributed by atoms with Crippen molar-refractivity contribution in [2.24, 2.45) is 17.6 Å². The van der Waals surface area contributed by atoms with Gasteiger partial charge in [-0.3, -0.25) is 0 Å². The minimum atomic E-state index is -3.99. The van der Waals surface area contributed by atoms with Gasteiger partial charge in [0.15, 0.2) is 17.8 Å². The molecule has 1 aromatic heterocycles. The van der Waals surface area contributed by atoms with Crippen LogP contribution in [0.4, 0.5) is 4.79 Å². The Morgan fingerprint density at radius 2 is 1.92 bits per heavy atom. The van der Waals surface area contributed by atoms with Crippen molar-refractivity contribution >= 4 is 27.5 Å². The summed E-state index contributed by atoms with van der Waals surface area (Å²) in [5, 5.41) is 5.88. The number of fused-ring (bicyclic) bond motifs is 2. The zero-order valence-corrected chi connectivity index (χ0v) is 28.8. The third-order valence-corrected chi connectivity index (χ3v) is 11.1. The number of rotatable bonds is 14. The third-order valence-electron chi connectivity index (χ3n) is 8.46. The maximum absolute atomic E-state index is 14.0. The van der Waals surface area contributed by atoms with Crippen LogP contribution in [0, 0.1) is 18.8 Å². The lowest BCUT2D eigenvalue weighted by molar-refractivity contribution is -0.0907. The topological polar surface area (TPSA) is 161 Å². The molecule has 4 heterocycles. The van der Waals surface area contributed by atoms with Crippen LogP contribution in [0.1, 0.15) is 36.5 Å². The van der Waals surface area contributed by atoms with Crippen molar-refractivity contribution in [1.82, 2.24) is 14.6 Å². The number of nitrogens with two attached hydrogens (primary N) is 1. The van der Waals surface area contributed by atoms with E-state index in [0.717, 1.165) is 22.7 Å². The van der Waals surface area contributed by atoms with Gasteiger partial charge in [-0.15, -0.1) is 11.3 Å². The Balaban J connectivity index is 1.18. The van der Waals surface area contributed by atoms with E-state index in [1.807, 2.05) is 50.4 Å². The zero-order valence-electron chi connectivity index (χ0n) is 27.2. The van der Waals surface area contributed by atoms with E-state index in [1.165, 1.54) is 16.4 Å². The lowest BCUT2D eigenvalue weighted by atomic mass is 9.99. The minimum absolute atomic E-state index is 0.00189. The number of nitrogens with zero attached hydrogens (tertiary/aromatic N) is 2. The van der Waals surface area contributed by atoms with Crippen molar-refractivity contribution in [2.75, 3.05) is 33.1 Å². The molecule has 2 fully saturated rings. The number of sulfonamides is 1. The van der Waals surface area contributed by atoms with Gasteiger partial charge in [0.05, 0.1) is 40.8 Å². The molecule has 13 nitrogen and oxygen atoms in total. The molecule has 0 saturated carbocycles. The third kappa shape index (κ3) is 8.21. The summed E-state index contributed by atoms with van der Waals surface area (Å²) in [4.78, 5) is 17.8. The normalized spacial score (nSPS) is 21.3. The van der Waals surface area contributed by atoms with Gasteiger partial charge >= 0.3 is 6.09 Å². The average Bonchev–Trinajstić information content (AvgIpc) is 3.86. The number of carbonyl (C=O) groups excluding carboxylic acids is 1. The number of thiazole rings is 1. The Labute approximate surface area is 284 Å². The minimum Gasteiger partial charge on any atom is -0.487 e. The highest BCUT2D eigenvalue weighted by Gasteiger charge is 2.44. The molecule has 3 aliphatic heterocycles. The van der Waals surface area contributed by atoms with E-state index >= 15 is 0 Å². The molecule has 3 aliphatic rings. The zero-order chi connectivity index (χ0) is 33.8. The SMILES string of the molecule is Cc1nc(COc2ccc(C[C@H](NC(=O)O[C@H]3CO[C@H]4OCC[C@H]43)[C@H](N)CN(CC(C)C)S(=O)(=O)c3ccc4c(c3)OCO4)cc2)cs1. The highest BCUT2D eigenvalue weighted by atomic mass is 32.2.